The molecule has 1 amide bonds. The Morgan fingerprint density at radius 2 is 2.06 bits per heavy atom. The summed E-state index contributed by atoms with van der Waals surface area (Å²) < 4.78 is 0. The van der Waals surface area contributed by atoms with E-state index in [4.69, 9.17) is 5.73 Å². The monoisotopic (exact) mass is 218 g/mol. The second-order valence-electron chi connectivity index (χ2n) is 4.44. The van der Waals surface area contributed by atoms with Gasteiger partial charge in [0.2, 0.25) is 5.91 Å². The lowest BCUT2D eigenvalue weighted by molar-refractivity contribution is 0.100. The number of benzene rings is 1. The molecule has 0 aromatic heterocycles. The van der Waals surface area contributed by atoms with Crippen LogP contribution in [0.4, 0.5) is 5.69 Å². The Balaban J connectivity index is 2.01. The van der Waals surface area contributed by atoms with E-state index >= 15 is 0 Å². The summed E-state index contributed by atoms with van der Waals surface area (Å²) in [5.74, 6) is 0.460. The molecule has 1 fully saturated rings. The Morgan fingerprint density at radius 1 is 1.44 bits per heavy atom. The summed E-state index contributed by atoms with van der Waals surface area (Å²) in [6, 6.07) is 7.95. The molecule has 16 heavy (non-hydrogen) atoms. The van der Waals surface area contributed by atoms with Crippen molar-refractivity contribution in [2.24, 2.45) is 11.7 Å². The van der Waals surface area contributed by atoms with Crippen LogP contribution in [-0.4, -0.2) is 11.9 Å². The Labute approximate surface area is 96.0 Å². The SMILES string of the molecule is CCC(Nc1ccc(C(N)=O)cc1)C1CC1. The molecule has 2 rings (SSSR count). The fourth-order valence-corrected chi connectivity index (χ4v) is 2.00. The van der Waals surface area contributed by atoms with Crippen LogP contribution in [0.15, 0.2) is 24.3 Å². The molecule has 1 aromatic carbocycles. The van der Waals surface area contributed by atoms with Crippen LogP contribution in [0.5, 0.6) is 0 Å². The van der Waals surface area contributed by atoms with Crippen LogP contribution in [0.3, 0.4) is 0 Å². The minimum atomic E-state index is -0.374. The van der Waals surface area contributed by atoms with Crippen LogP contribution in [0, 0.1) is 5.92 Å². The van der Waals surface area contributed by atoms with Crippen molar-refractivity contribution in [3.8, 4) is 0 Å². The first kappa shape index (κ1) is 11.0. The predicted octanol–water partition coefficient (Wildman–Crippen LogP) is 2.39. The maximum atomic E-state index is 10.9. The van der Waals surface area contributed by atoms with E-state index in [1.165, 1.54) is 12.8 Å². The minimum Gasteiger partial charge on any atom is -0.382 e. The lowest BCUT2D eigenvalue weighted by Crippen LogP contribution is -2.20. The first-order valence-corrected chi connectivity index (χ1v) is 5.87. The molecule has 3 N–H and O–H groups in total. The van der Waals surface area contributed by atoms with Gasteiger partial charge in [0.05, 0.1) is 0 Å². The Kier molecular flexibility index (Phi) is 3.13. The van der Waals surface area contributed by atoms with Gasteiger partial charge in [0, 0.05) is 17.3 Å². The highest BCUT2D eigenvalue weighted by molar-refractivity contribution is 5.93. The lowest BCUT2D eigenvalue weighted by Gasteiger charge is -2.17. The number of nitrogens with one attached hydrogen (secondary N) is 1. The smallest absolute Gasteiger partial charge is 0.248 e. The van der Waals surface area contributed by atoms with Gasteiger partial charge in [-0.25, -0.2) is 0 Å². The largest absolute Gasteiger partial charge is 0.382 e. The van der Waals surface area contributed by atoms with Gasteiger partial charge in [-0.15, -0.1) is 0 Å². The van der Waals surface area contributed by atoms with Crippen LogP contribution >= 0.6 is 0 Å². The highest BCUT2D eigenvalue weighted by Gasteiger charge is 2.29. The quantitative estimate of drug-likeness (QED) is 0.797. The lowest BCUT2D eigenvalue weighted by atomic mass is 10.1. The molecular formula is C13H18N2O. The van der Waals surface area contributed by atoms with Crippen molar-refractivity contribution in [1.29, 1.82) is 0 Å². The summed E-state index contributed by atoms with van der Waals surface area (Å²) in [4.78, 5) is 10.9. The third kappa shape index (κ3) is 2.54. The van der Waals surface area contributed by atoms with Gasteiger partial charge in [-0.2, -0.15) is 0 Å². The maximum Gasteiger partial charge on any atom is 0.248 e. The highest BCUT2D eigenvalue weighted by Crippen LogP contribution is 2.35. The average Bonchev–Trinajstić information content (AvgIpc) is 3.10. The van der Waals surface area contributed by atoms with Crippen LogP contribution in [0.25, 0.3) is 0 Å². The summed E-state index contributed by atoms with van der Waals surface area (Å²) >= 11 is 0. The van der Waals surface area contributed by atoms with Gasteiger partial charge in [-0.3, -0.25) is 4.79 Å². The maximum absolute atomic E-state index is 10.9. The van der Waals surface area contributed by atoms with Crippen LogP contribution in [0.2, 0.25) is 0 Å². The van der Waals surface area contributed by atoms with Crippen molar-refractivity contribution in [2.75, 3.05) is 5.32 Å². The second kappa shape index (κ2) is 4.56. The van der Waals surface area contributed by atoms with Crippen molar-refractivity contribution in [2.45, 2.75) is 32.2 Å². The van der Waals surface area contributed by atoms with Crippen molar-refractivity contribution in [3.05, 3.63) is 29.8 Å². The zero-order valence-corrected chi connectivity index (χ0v) is 9.57. The molecule has 1 saturated carbocycles. The van der Waals surface area contributed by atoms with Gasteiger partial charge < -0.3 is 11.1 Å². The number of nitrogens with two attached hydrogens (primary N) is 1. The summed E-state index contributed by atoms with van der Waals surface area (Å²) in [6.07, 6.45) is 3.82. The van der Waals surface area contributed by atoms with E-state index in [-0.39, 0.29) is 5.91 Å². The second-order valence-corrected chi connectivity index (χ2v) is 4.44. The number of hydrogen-bond donors (Lipinski definition) is 2. The summed E-state index contributed by atoms with van der Waals surface area (Å²) in [5, 5.41) is 3.50. The number of amides is 1. The highest BCUT2D eigenvalue weighted by atomic mass is 16.1. The fourth-order valence-electron chi connectivity index (χ4n) is 2.00. The van der Waals surface area contributed by atoms with E-state index < -0.39 is 0 Å². The van der Waals surface area contributed by atoms with Gasteiger partial charge in [0.1, 0.15) is 0 Å². The van der Waals surface area contributed by atoms with E-state index in [0.29, 0.717) is 11.6 Å². The zero-order chi connectivity index (χ0) is 11.5. The Bertz CT molecular complexity index is 368. The fraction of sp³-hybridized carbons (Fsp3) is 0.462. The van der Waals surface area contributed by atoms with E-state index in [0.717, 1.165) is 18.0 Å². The number of hydrogen-bond acceptors (Lipinski definition) is 2. The molecule has 0 aliphatic heterocycles. The van der Waals surface area contributed by atoms with Gasteiger partial charge in [-0.05, 0) is 49.4 Å². The van der Waals surface area contributed by atoms with E-state index in [2.05, 4.69) is 12.2 Å². The summed E-state index contributed by atoms with van der Waals surface area (Å²) in [5.41, 5.74) is 6.82. The van der Waals surface area contributed by atoms with Crippen LogP contribution < -0.4 is 11.1 Å². The molecule has 1 aromatic rings. The van der Waals surface area contributed by atoms with Crippen molar-refractivity contribution >= 4 is 11.6 Å². The van der Waals surface area contributed by atoms with Crippen LogP contribution in [-0.2, 0) is 0 Å². The molecule has 3 heteroatoms. The first-order chi connectivity index (χ1) is 7.70. The van der Waals surface area contributed by atoms with E-state index in [9.17, 15) is 4.79 Å². The van der Waals surface area contributed by atoms with Crippen molar-refractivity contribution in [3.63, 3.8) is 0 Å². The van der Waals surface area contributed by atoms with Gasteiger partial charge in [-0.1, -0.05) is 6.92 Å². The summed E-state index contributed by atoms with van der Waals surface area (Å²) in [6.45, 7) is 2.20. The molecule has 1 aliphatic rings. The minimum absolute atomic E-state index is 0.374. The number of rotatable bonds is 5. The molecule has 1 aliphatic carbocycles. The summed E-state index contributed by atoms with van der Waals surface area (Å²) in [7, 11) is 0. The molecule has 0 radical (unpaired) electrons. The van der Waals surface area contributed by atoms with Crippen molar-refractivity contribution in [1.82, 2.24) is 0 Å². The molecule has 0 saturated heterocycles. The first-order valence-electron chi connectivity index (χ1n) is 5.87. The third-order valence-electron chi connectivity index (χ3n) is 3.15. The Hall–Kier alpha value is -1.51. The Morgan fingerprint density at radius 3 is 2.50 bits per heavy atom. The standard InChI is InChI=1S/C13H18N2O/c1-2-12(9-3-4-9)15-11-7-5-10(6-8-11)13(14)16/h5-9,12,15H,2-4H2,1H3,(H2,14,16). The molecule has 0 heterocycles. The zero-order valence-electron chi connectivity index (χ0n) is 9.57. The van der Waals surface area contributed by atoms with Gasteiger partial charge >= 0.3 is 0 Å². The molecule has 86 valence electrons. The molecular weight excluding hydrogens is 200 g/mol. The molecule has 0 bridgehead atoms. The van der Waals surface area contributed by atoms with Crippen molar-refractivity contribution < 1.29 is 4.79 Å². The molecule has 3 nitrogen and oxygen atoms in total. The molecule has 1 atom stereocenters. The third-order valence-corrected chi connectivity index (χ3v) is 3.15. The number of carbonyl (C=O) groups is 1. The molecule has 0 spiro atoms. The van der Waals surface area contributed by atoms with Crippen LogP contribution in [0.1, 0.15) is 36.5 Å². The number of primary amides is 1. The number of anilines is 1. The van der Waals surface area contributed by atoms with E-state index in [1.54, 1.807) is 12.1 Å². The predicted molar refractivity (Wildman–Crippen MR) is 65.4 cm³/mol. The van der Waals surface area contributed by atoms with Gasteiger partial charge in [0.15, 0.2) is 0 Å². The normalized spacial score (nSPS) is 16.8. The van der Waals surface area contributed by atoms with Gasteiger partial charge in [0.25, 0.3) is 0 Å². The topological polar surface area (TPSA) is 55.1 Å². The molecule has 1 unspecified atom stereocenters. The number of carbonyl (C=O) groups excluding carboxylic acids is 1. The average molecular weight is 218 g/mol. The van der Waals surface area contributed by atoms with E-state index in [1.807, 2.05) is 12.1 Å².